The smallest absolute Gasteiger partial charge is 0 e. The van der Waals surface area contributed by atoms with Gasteiger partial charge in [0.1, 0.15) is 0 Å². The predicted molar refractivity (Wildman–Crippen MR) is 9.34 cm³/mol. The van der Waals surface area contributed by atoms with Gasteiger partial charge in [-0.25, -0.2) is 0 Å². The molecule has 3 N–H and O–H groups in total. The molecule has 4 heavy (non-hydrogen) atoms. The minimum atomic E-state index is 0. The normalized spacial score (nSPS) is 3.00. The summed E-state index contributed by atoms with van der Waals surface area (Å²) in [6.07, 6.45) is 0. The van der Waals surface area contributed by atoms with Crippen molar-refractivity contribution in [2.75, 3.05) is 0 Å². The van der Waals surface area contributed by atoms with Crippen LogP contribution in [0.3, 0.4) is 0 Å². The van der Waals surface area contributed by atoms with Crippen molar-refractivity contribution < 1.29 is 27.7 Å². The summed E-state index contributed by atoms with van der Waals surface area (Å²) < 4.78 is 0. The zero-order valence-electron chi connectivity index (χ0n) is 2.23. The first-order chi connectivity index (χ1) is 1.41. The molecule has 0 aromatic carbocycles. The number of rotatable bonds is 0. The van der Waals surface area contributed by atoms with Crippen molar-refractivity contribution in [1.29, 1.82) is 5.53 Å². The first kappa shape index (κ1) is 8.84. The third-order valence-corrected chi connectivity index (χ3v) is 0. The van der Waals surface area contributed by atoms with Crippen molar-refractivity contribution in [3.8, 4) is 0 Å². The van der Waals surface area contributed by atoms with Crippen LogP contribution in [-0.4, -0.2) is 0 Å². The Labute approximate surface area is 44.6 Å². The Morgan fingerprint density at radius 2 is 1.75 bits per heavy atom. The van der Waals surface area contributed by atoms with Crippen LogP contribution in [0.25, 0.3) is 0 Å². The van der Waals surface area contributed by atoms with Gasteiger partial charge in [-0.05, 0) is 0 Å². The summed E-state index contributed by atoms with van der Waals surface area (Å²) in [6, 6.07) is 0. The van der Waals surface area contributed by atoms with E-state index < -0.39 is 0 Å². The largest absolute Gasteiger partial charge is 0.305 e. The van der Waals surface area contributed by atoms with Gasteiger partial charge < -0.3 is 5.84 Å². The molecule has 0 amide bonds. The van der Waals surface area contributed by atoms with Crippen molar-refractivity contribution in [2.45, 2.75) is 0 Å². The molecule has 0 saturated heterocycles. The third kappa shape index (κ3) is 37.1. The molecule has 0 heterocycles. The molecule has 0 rings (SSSR count). The number of nitrogens with two attached hydrogens (primary N) is 1. The van der Waals surface area contributed by atoms with Crippen LogP contribution in [0.15, 0.2) is 5.22 Å². The summed E-state index contributed by atoms with van der Waals surface area (Å²) in [5.74, 6) is 4.14. The van der Waals surface area contributed by atoms with Crippen LogP contribution in [0.4, 0.5) is 0 Å². The predicted octanol–water partition coefficient (Wildman–Crippen LogP) is -0.111. The van der Waals surface area contributed by atoms with Crippen LogP contribution < -0.4 is 5.84 Å². The van der Waals surface area contributed by atoms with Crippen molar-refractivity contribution >= 4 is 0 Å². The monoisotopic (exact) mass is 247 g/mol. The summed E-state index contributed by atoms with van der Waals surface area (Å²) in [5.41, 5.74) is 5.61. The molecule has 0 aliphatic carbocycles. The first-order valence-corrected chi connectivity index (χ1v) is 0.482. The van der Waals surface area contributed by atoms with Gasteiger partial charge >= 0.3 is 0 Å². The molecule has 0 aromatic heterocycles. The van der Waals surface area contributed by atoms with Gasteiger partial charge in [0.2, 0.25) is 0 Å². The van der Waals surface area contributed by atoms with Gasteiger partial charge in [0.05, 0.1) is 0 Å². The second kappa shape index (κ2) is 10.2. The quantitative estimate of drug-likeness (QED) is 0.266. The van der Waals surface area contributed by atoms with Gasteiger partial charge in [-0.3, -0.25) is 0 Å². The van der Waals surface area contributed by atoms with Crippen LogP contribution in [0.1, 0.15) is 0 Å². The average molecular weight is 246 g/mol. The number of hydrogen-bond donors (Lipinski definition) is 2. The van der Waals surface area contributed by atoms with E-state index in [1.807, 2.05) is 0 Å². The van der Waals surface area contributed by atoms with E-state index in [4.69, 9.17) is 5.53 Å². The second-order valence-electron chi connectivity index (χ2n) is 0.129. The second-order valence-corrected chi connectivity index (χ2v) is 0.129. The van der Waals surface area contributed by atoms with E-state index in [0.29, 0.717) is 0 Å². The topological polar surface area (TPSA) is 62.2 Å². The first-order valence-electron chi connectivity index (χ1n) is 0.482. The Morgan fingerprint density at radius 1 is 1.75 bits per heavy atom. The van der Waals surface area contributed by atoms with Gasteiger partial charge in [0.25, 0.3) is 0 Å². The molecule has 0 bridgehead atoms. The van der Waals surface area contributed by atoms with E-state index in [1.165, 1.54) is 0 Å². The summed E-state index contributed by atoms with van der Waals surface area (Å²) in [5, 5.41) is 2.25. The standard InChI is InChI=1S/Hg.H3N3/c;1-3-2/h;(H3,1,2). The van der Waals surface area contributed by atoms with Crippen molar-refractivity contribution in [3.63, 3.8) is 0 Å². The SMILES string of the molecule is N=NN.[Hg]. The molecule has 4 heteroatoms. The van der Waals surface area contributed by atoms with E-state index >= 15 is 0 Å². The minimum absolute atomic E-state index is 0. The molecule has 0 aliphatic heterocycles. The Hall–Kier alpha value is 0.335. The fraction of sp³-hybridized carbons (Fsp3) is 0. The van der Waals surface area contributed by atoms with Gasteiger partial charge in [0.15, 0.2) is 0 Å². The summed E-state index contributed by atoms with van der Waals surface area (Å²) >= 11 is 0. The Bertz CT molecular complexity index is 10.8. The van der Waals surface area contributed by atoms with Crippen molar-refractivity contribution in [3.05, 3.63) is 0 Å². The summed E-state index contributed by atoms with van der Waals surface area (Å²) in [6.45, 7) is 0. The van der Waals surface area contributed by atoms with Gasteiger partial charge in [-0.2, -0.15) is 5.53 Å². The maximum Gasteiger partial charge on any atom is 0 e. The van der Waals surface area contributed by atoms with E-state index in [2.05, 4.69) is 11.1 Å². The number of nitrogens with zero attached hydrogens (tertiary/aromatic N) is 1. The number of nitrogens with one attached hydrogen (secondary N) is 1. The fourth-order valence-electron chi connectivity index (χ4n) is 0. The van der Waals surface area contributed by atoms with Crippen molar-refractivity contribution in [2.24, 2.45) is 11.1 Å². The summed E-state index contributed by atoms with van der Waals surface area (Å²) in [4.78, 5) is 0. The van der Waals surface area contributed by atoms with E-state index in [0.717, 1.165) is 0 Å². The molecule has 3 nitrogen and oxygen atoms in total. The van der Waals surface area contributed by atoms with Crippen molar-refractivity contribution in [1.82, 2.24) is 0 Å². The molecule has 0 spiro atoms. The van der Waals surface area contributed by atoms with Gasteiger partial charge in [-0.15, -0.1) is 0 Å². The molecule has 0 aromatic rings. The van der Waals surface area contributed by atoms with E-state index in [-0.39, 0.29) is 27.7 Å². The molecule has 0 unspecified atom stereocenters. The Morgan fingerprint density at radius 3 is 1.75 bits per heavy atom. The molecule has 0 saturated carbocycles. The van der Waals surface area contributed by atoms with Crippen LogP contribution >= 0.6 is 0 Å². The zero-order valence-corrected chi connectivity index (χ0v) is 7.73. The van der Waals surface area contributed by atoms with Crippen LogP contribution in [0.2, 0.25) is 0 Å². The van der Waals surface area contributed by atoms with E-state index in [9.17, 15) is 0 Å². The van der Waals surface area contributed by atoms with E-state index in [1.54, 1.807) is 0 Å². The van der Waals surface area contributed by atoms with Gasteiger partial charge in [0, 0.05) is 27.7 Å². The maximum absolute atomic E-state index is 5.61. The Balaban J connectivity index is 0. The molecule has 0 radical (unpaired) electrons. The minimum Gasteiger partial charge on any atom is -0.305 e. The molecular weight excluding hydrogens is 243 g/mol. The average Bonchev–Trinajstić information content (AvgIpc) is 0.918. The summed E-state index contributed by atoms with van der Waals surface area (Å²) in [7, 11) is 0. The molecule has 0 atom stereocenters. The maximum atomic E-state index is 5.61. The van der Waals surface area contributed by atoms with Crippen LogP contribution in [0, 0.1) is 5.53 Å². The molecular formula is H3HgN3. The van der Waals surface area contributed by atoms with Gasteiger partial charge in [-0.1, -0.05) is 5.22 Å². The third-order valence-electron chi connectivity index (χ3n) is 0. The fourth-order valence-corrected chi connectivity index (χ4v) is 0. The molecule has 0 aliphatic rings. The zero-order chi connectivity index (χ0) is 2.71. The molecule has 0 fully saturated rings. The Kier molecular flexibility index (Phi) is 22.6. The number of hydrogen-bond acceptors (Lipinski definition) is 2. The van der Waals surface area contributed by atoms with Crippen LogP contribution in [0.5, 0.6) is 0 Å². The van der Waals surface area contributed by atoms with Crippen LogP contribution in [-0.2, 0) is 27.7 Å². The molecule has 20 valence electrons.